The highest BCUT2D eigenvalue weighted by Crippen LogP contribution is 2.35. The van der Waals surface area contributed by atoms with Gasteiger partial charge < -0.3 is 19.5 Å². The van der Waals surface area contributed by atoms with Crippen molar-refractivity contribution < 1.29 is 32.2 Å². The molecule has 1 fully saturated rings. The van der Waals surface area contributed by atoms with Crippen molar-refractivity contribution in [2.45, 2.75) is 50.7 Å². The SMILES string of the molecule is CCOc1ccc(F)c(N2CC[C@@H](Oc3ccc(N4N=C(c5ccc(S(C)(=O)=O)cc5)C(C)C4CC(=O)O)cc3)[C@@H](C)C2)c1. The third-order valence-electron chi connectivity index (χ3n) is 8.28. The molecule has 3 aromatic rings. The Morgan fingerprint density at radius 2 is 1.73 bits per heavy atom. The second kappa shape index (κ2) is 12.9. The predicted octanol–water partition coefficient (Wildman–Crippen LogP) is 5.63. The topological polar surface area (TPSA) is 109 Å². The zero-order chi connectivity index (χ0) is 31.6. The number of hydrazone groups is 1. The molecule has 234 valence electrons. The Labute approximate surface area is 257 Å². The summed E-state index contributed by atoms with van der Waals surface area (Å²) < 4.78 is 50.3. The molecular weight excluding hydrogens is 585 g/mol. The van der Waals surface area contributed by atoms with Crippen molar-refractivity contribution in [1.29, 1.82) is 0 Å². The normalized spacial score (nSPS) is 22.1. The number of sulfone groups is 1. The van der Waals surface area contributed by atoms with Crippen LogP contribution in [0.2, 0.25) is 0 Å². The molecule has 0 amide bonds. The summed E-state index contributed by atoms with van der Waals surface area (Å²) >= 11 is 0. The number of piperidine rings is 1. The van der Waals surface area contributed by atoms with Gasteiger partial charge in [-0.15, -0.1) is 0 Å². The number of nitrogens with zero attached hydrogens (tertiary/aromatic N) is 3. The van der Waals surface area contributed by atoms with E-state index in [2.05, 4.69) is 6.92 Å². The minimum absolute atomic E-state index is 0.0543. The molecule has 0 spiro atoms. The molecular formula is C33H38FN3O6S. The van der Waals surface area contributed by atoms with E-state index in [-0.39, 0.29) is 35.1 Å². The Morgan fingerprint density at radius 1 is 1.05 bits per heavy atom. The average Bonchev–Trinajstić information content (AvgIpc) is 3.30. The van der Waals surface area contributed by atoms with Crippen LogP contribution >= 0.6 is 0 Å². The number of benzene rings is 3. The lowest BCUT2D eigenvalue weighted by molar-refractivity contribution is -0.137. The van der Waals surface area contributed by atoms with Crippen LogP contribution in [-0.2, 0) is 14.6 Å². The van der Waals surface area contributed by atoms with Crippen molar-refractivity contribution in [3.8, 4) is 11.5 Å². The first kappa shape index (κ1) is 31.3. The van der Waals surface area contributed by atoms with E-state index < -0.39 is 21.8 Å². The monoisotopic (exact) mass is 623 g/mol. The molecule has 0 radical (unpaired) electrons. The van der Waals surface area contributed by atoms with E-state index in [0.29, 0.717) is 42.6 Å². The zero-order valence-corrected chi connectivity index (χ0v) is 26.1. The van der Waals surface area contributed by atoms with Gasteiger partial charge in [0.05, 0.1) is 41.1 Å². The summed E-state index contributed by atoms with van der Waals surface area (Å²) in [7, 11) is -3.34. The van der Waals surface area contributed by atoms with Gasteiger partial charge in [-0.25, -0.2) is 12.8 Å². The summed E-state index contributed by atoms with van der Waals surface area (Å²) in [5, 5.41) is 16.2. The molecule has 9 nitrogen and oxygen atoms in total. The number of carboxylic acid groups (broad SMARTS) is 1. The van der Waals surface area contributed by atoms with E-state index >= 15 is 0 Å². The van der Waals surface area contributed by atoms with E-state index in [0.717, 1.165) is 23.9 Å². The zero-order valence-electron chi connectivity index (χ0n) is 25.3. The van der Waals surface area contributed by atoms with Crippen LogP contribution in [0.5, 0.6) is 11.5 Å². The molecule has 3 aromatic carbocycles. The van der Waals surface area contributed by atoms with Crippen molar-refractivity contribution in [3.05, 3.63) is 78.1 Å². The molecule has 5 rings (SSSR count). The first-order valence-electron chi connectivity index (χ1n) is 14.8. The Hall–Kier alpha value is -4.12. The fourth-order valence-corrected chi connectivity index (χ4v) is 6.55. The fourth-order valence-electron chi connectivity index (χ4n) is 5.92. The number of aliphatic carboxylic acids is 1. The molecule has 2 heterocycles. The number of hydrogen-bond acceptors (Lipinski definition) is 8. The van der Waals surface area contributed by atoms with Crippen LogP contribution in [0.25, 0.3) is 0 Å². The first-order valence-corrected chi connectivity index (χ1v) is 16.7. The summed E-state index contributed by atoms with van der Waals surface area (Å²) in [6, 6.07) is 18.4. The Kier molecular flexibility index (Phi) is 9.15. The third kappa shape index (κ3) is 6.83. The van der Waals surface area contributed by atoms with Gasteiger partial charge in [-0.05, 0) is 61.0 Å². The molecule has 0 aromatic heterocycles. The van der Waals surface area contributed by atoms with Crippen LogP contribution in [0, 0.1) is 17.7 Å². The largest absolute Gasteiger partial charge is 0.494 e. The van der Waals surface area contributed by atoms with Gasteiger partial charge in [-0.1, -0.05) is 26.0 Å². The van der Waals surface area contributed by atoms with Crippen molar-refractivity contribution in [2.75, 3.05) is 35.9 Å². The molecule has 2 unspecified atom stereocenters. The van der Waals surface area contributed by atoms with Crippen LogP contribution < -0.4 is 19.4 Å². The van der Waals surface area contributed by atoms with E-state index in [1.165, 1.54) is 6.07 Å². The third-order valence-corrected chi connectivity index (χ3v) is 9.41. The van der Waals surface area contributed by atoms with Crippen LogP contribution in [0.4, 0.5) is 15.8 Å². The summed E-state index contributed by atoms with van der Waals surface area (Å²) in [5.74, 6) is 0.0566. The summed E-state index contributed by atoms with van der Waals surface area (Å²) in [6.45, 7) is 7.72. The van der Waals surface area contributed by atoms with Crippen LogP contribution in [0.3, 0.4) is 0 Å². The maximum Gasteiger partial charge on any atom is 0.305 e. The van der Waals surface area contributed by atoms with Gasteiger partial charge in [0, 0.05) is 43.7 Å². The molecule has 0 saturated carbocycles. The van der Waals surface area contributed by atoms with Gasteiger partial charge in [0.1, 0.15) is 23.4 Å². The van der Waals surface area contributed by atoms with Gasteiger partial charge in [0.2, 0.25) is 0 Å². The maximum atomic E-state index is 14.6. The maximum absolute atomic E-state index is 14.6. The van der Waals surface area contributed by atoms with Gasteiger partial charge >= 0.3 is 5.97 Å². The van der Waals surface area contributed by atoms with Crippen LogP contribution in [0.1, 0.15) is 39.2 Å². The minimum Gasteiger partial charge on any atom is -0.494 e. The van der Waals surface area contributed by atoms with Crippen molar-refractivity contribution in [2.24, 2.45) is 16.9 Å². The lowest BCUT2D eigenvalue weighted by Gasteiger charge is -2.38. The quantitative estimate of drug-likeness (QED) is 0.310. The van der Waals surface area contributed by atoms with Gasteiger partial charge in [-0.3, -0.25) is 9.80 Å². The Balaban J connectivity index is 1.29. The average molecular weight is 624 g/mol. The highest BCUT2D eigenvalue weighted by atomic mass is 32.2. The molecule has 4 atom stereocenters. The fraction of sp³-hybridized carbons (Fsp3) is 0.394. The van der Waals surface area contributed by atoms with Crippen molar-refractivity contribution in [1.82, 2.24) is 0 Å². The summed E-state index contributed by atoms with van der Waals surface area (Å²) in [6.07, 6.45) is 1.71. The molecule has 1 saturated heterocycles. The smallest absolute Gasteiger partial charge is 0.305 e. The van der Waals surface area contributed by atoms with E-state index in [1.807, 2.05) is 43.0 Å². The molecule has 0 aliphatic carbocycles. The molecule has 0 bridgehead atoms. The van der Waals surface area contributed by atoms with E-state index in [9.17, 15) is 22.7 Å². The van der Waals surface area contributed by atoms with E-state index in [4.69, 9.17) is 14.6 Å². The van der Waals surface area contributed by atoms with Crippen molar-refractivity contribution in [3.63, 3.8) is 0 Å². The minimum atomic E-state index is -3.34. The van der Waals surface area contributed by atoms with Crippen LogP contribution in [-0.4, -0.2) is 63.3 Å². The Morgan fingerprint density at radius 3 is 2.34 bits per heavy atom. The number of carboxylic acids is 1. The molecule has 2 aliphatic rings. The second-order valence-electron chi connectivity index (χ2n) is 11.5. The predicted molar refractivity (Wildman–Crippen MR) is 168 cm³/mol. The molecule has 44 heavy (non-hydrogen) atoms. The number of carbonyl (C=O) groups is 1. The summed E-state index contributed by atoms with van der Waals surface area (Å²) in [4.78, 5) is 14.0. The number of hydrogen-bond donors (Lipinski definition) is 1. The second-order valence-corrected chi connectivity index (χ2v) is 13.5. The highest BCUT2D eigenvalue weighted by molar-refractivity contribution is 7.90. The number of anilines is 2. The lowest BCUT2D eigenvalue weighted by atomic mass is 9.91. The van der Waals surface area contributed by atoms with Crippen LogP contribution in [0.15, 0.2) is 76.7 Å². The number of rotatable bonds is 10. The van der Waals surface area contributed by atoms with Crippen molar-refractivity contribution >= 4 is 32.9 Å². The standard InChI is InChI=1S/C33H38FN3O6S/c1-5-42-26-12-15-28(34)30(18-26)36-17-16-31(21(2)20-36)43-25-10-8-24(9-11-25)37-29(19-32(38)39)22(3)33(35-37)23-6-13-27(14-7-23)44(4,40)41/h6-15,18,21-22,29,31H,5,16-17,19-20H2,1-4H3,(H,38,39)/t21-,22?,29?,31+/m0/s1. The lowest BCUT2D eigenvalue weighted by Crippen LogP contribution is -2.44. The number of ether oxygens (including phenoxy) is 2. The molecule has 2 aliphatic heterocycles. The number of halogens is 1. The first-order chi connectivity index (χ1) is 20.9. The molecule has 1 N–H and O–H groups in total. The highest BCUT2D eigenvalue weighted by Gasteiger charge is 2.37. The Bertz CT molecular complexity index is 1630. The molecule has 11 heteroatoms. The van der Waals surface area contributed by atoms with Gasteiger partial charge in [-0.2, -0.15) is 5.10 Å². The van der Waals surface area contributed by atoms with E-state index in [1.54, 1.807) is 41.4 Å². The van der Waals surface area contributed by atoms with Gasteiger partial charge in [0.25, 0.3) is 0 Å². The van der Waals surface area contributed by atoms with Gasteiger partial charge in [0.15, 0.2) is 9.84 Å². The summed E-state index contributed by atoms with van der Waals surface area (Å²) in [5.41, 5.74) is 2.70.